The van der Waals surface area contributed by atoms with Crippen molar-refractivity contribution in [3.05, 3.63) is 29.5 Å². The van der Waals surface area contributed by atoms with Crippen LogP contribution in [0.1, 0.15) is 18.2 Å². The maximum Gasteiger partial charge on any atom is 0.227 e. The van der Waals surface area contributed by atoms with Gasteiger partial charge in [-0.3, -0.25) is 0 Å². The summed E-state index contributed by atoms with van der Waals surface area (Å²) >= 11 is 0. The normalized spacial score (nSPS) is 10.3. The first-order chi connectivity index (χ1) is 6.76. The summed E-state index contributed by atoms with van der Waals surface area (Å²) < 4.78 is 5.30. The van der Waals surface area contributed by atoms with Gasteiger partial charge in [-0.2, -0.15) is 5.26 Å². The zero-order chi connectivity index (χ0) is 10.1. The zero-order valence-electron chi connectivity index (χ0n) is 7.87. The molecular weight excluding hydrogens is 176 g/mol. The Kier molecular flexibility index (Phi) is 1.90. The Bertz CT molecular complexity index is 520. The summed E-state index contributed by atoms with van der Waals surface area (Å²) in [5, 5.41) is 9.54. The van der Waals surface area contributed by atoms with E-state index in [1.54, 1.807) is 0 Å². The van der Waals surface area contributed by atoms with Crippen molar-refractivity contribution >= 4 is 16.7 Å². The molecule has 2 rings (SSSR count). The minimum absolute atomic E-state index is 0.202. The molecule has 1 aromatic heterocycles. The van der Waals surface area contributed by atoms with E-state index in [0.29, 0.717) is 11.3 Å². The number of nitriles is 1. The van der Waals surface area contributed by atoms with Crippen molar-refractivity contribution in [2.75, 3.05) is 5.73 Å². The maximum atomic E-state index is 8.72. The lowest BCUT2D eigenvalue weighted by molar-refractivity contribution is 0.600. The molecule has 2 aromatic rings. The Morgan fingerprint density at radius 1 is 1.50 bits per heavy atom. The van der Waals surface area contributed by atoms with Crippen molar-refractivity contribution in [3.8, 4) is 6.07 Å². The molecule has 0 amide bonds. The fourth-order valence-electron chi connectivity index (χ4n) is 1.46. The second-order valence-corrected chi connectivity index (χ2v) is 3.14. The van der Waals surface area contributed by atoms with E-state index in [4.69, 9.17) is 15.4 Å². The van der Waals surface area contributed by atoms with Crippen molar-refractivity contribution in [2.45, 2.75) is 13.3 Å². The highest BCUT2D eigenvalue weighted by Crippen LogP contribution is 2.28. The topological polar surface area (TPSA) is 63.0 Å². The molecule has 0 radical (unpaired) electrons. The number of benzene rings is 1. The van der Waals surface area contributed by atoms with E-state index >= 15 is 0 Å². The second kappa shape index (κ2) is 3.08. The SMILES string of the molecule is CCc1ccc2c(N)c(C#N)oc2c1. The average Bonchev–Trinajstić information content (AvgIpc) is 2.55. The first kappa shape index (κ1) is 8.64. The number of rotatable bonds is 1. The third-order valence-electron chi connectivity index (χ3n) is 2.30. The fraction of sp³-hybridized carbons (Fsp3) is 0.182. The van der Waals surface area contributed by atoms with E-state index in [1.807, 2.05) is 24.3 Å². The Hall–Kier alpha value is -1.95. The van der Waals surface area contributed by atoms with Crippen molar-refractivity contribution < 1.29 is 4.42 Å². The van der Waals surface area contributed by atoms with Crippen molar-refractivity contribution in [3.63, 3.8) is 0 Å². The van der Waals surface area contributed by atoms with Gasteiger partial charge in [0.15, 0.2) is 0 Å². The Morgan fingerprint density at radius 3 is 2.93 bits per heavy atom. The molecule has 70 valence electrons. The highest BCUT2D eigenvalue weighted by molar-refractivity contribution is 5.92. The molecule has 0 spiro atoms. The molecule has 2 N–H and O–H groups in total. The van der Waals surface area contributed by atoms with Gasteiger partial charge in [0.05, 0.1) is 5.69 Å². The van der Waals surface area contributed by atoms with Gasteiger partial charge in [0.2, 0.25) is 5.76 Å². The molecule has 3 heteroatoms. The van der Waals surface area contributed by atoms with Crippen LogP contribution < -0.4 is 5.73 Å². The molecule has 0 atom stereocenters. The number of aryl methyl sites for hydroxylation is 1. The van der Waals surface area contributed by atoms with Crippen LogP contribution in [0, 0.1) is 11.3 Å². The highest BCUT2D eigenvalue weighted by Gasteiger charge is 2.10. The molecule has 0 unspecified atom stereocenters. The van der Waals surface area contributed by atoms with E-state index in [1.165, 1.54) is 5.56 Å². The lowest BCUT2D eigenvalue weighted by Crippen LogP contribution is -1.85. The number of nitrogens with zero attached hydrogens (tertiary/aromatic N) is 1. The van der Waals surface area contributed by atoms with Gasteiger partial charge in [-0.05, 0) is 24.1 Å². The number of fused-ring (bicyclic) bond motifs is 1. The van der Waals surface area contributed by atoms with Crippen LogP contribution in [-0.2, 0) is 6.42 Å². The minimum atomic E-state index is 0.202. The smallest absolute Gasteiger partial charge is 0.227 e. The molecule has 0 aliphatic carbocycles. The largest absolute Gasteiger partial charge is 0.443 e. The predicted molar refractivity (Wildman–Crippen MR) is 54.7 cm³/mol. The number of nitrogens with two attached hydrogens (primary N) is 1. The van der Waals surface area contributed by atoms with Crippen LogP contribution in [0.5, 0.6) is 0 Å². The van der Waals surface area contributed by atoms with Gasteiger partial charge >= 0.3 is 0 Å². The van der Waals surface area contributed by atoms with Crippen LogP contribution in [-0.4, -0.2) is 0 Å². The lowest BCUT2D eigenvalue weighted by Gasteiger charge is -1.94. The van der Waals surface area contributed by atoms with Gasteiger partial charge in [0.1, 0.15) is 11.7 Å². The molecule has 3 nitrogen and oxygen atoms in total. The van der Waals surface area contributed by atoms with Crippen LogP contribution >= 0.6 is 0 Å². The molecule has 0 bridgehead atoms. The predicted octanol–water partition coefficient (Wildman–Crippen LogP) is 2.45. The number of furan rings is 1. The number of nitrogen functional groups attached to an aromatic ring is 1. The summed E-state index contributed by atoms with van der Waals surface area (Å²) in [4.78, 5) is 0. The summed E-state index contributed by atoms with van der Waals surface area (Å²) in [6, 6.07) is 7.75. The number of anilines is 1. The molecule has 1 heterocycles. The third-order valence-corrected chi connectivity index (χ3v) is 2.30. The quantitative estimate of drug-likeness (QED) is 0.744. The van der Waals surface area contributed by atoms with Crippen LogP contribution in [0.3, 0.4) is 0 Å². The molecule has 0 aliphatic rings. The van der Waals surface area contributed by atoms with Crippen LogP contribution in [0.2, 0.25) is 0 Å². The Balaban J connectivity index is 2.74. The molecule has 0 aliphatic heterocycles. The maximum absolute atomic E-state index is 8.72. The van der Waals surface area contributed by atoms with E-state index < -0.39 is 0 Å². The molecule has 0 fully saturated rings. The third kappa shape index (κ3) is 1.12. The number of hydrogen-bond donors (Lipinski definition) is 1. The first-order valence-corrected chi connectivity index (χ1v) is 4.47. The van der Waals surface area contributed by atoms with Crippen LogP contribution in [0.4, 0.5) is 5.69 Å². The second-order valence-electron chi connectivity index (χ2n) is 3.14. The molecular formula is C11H10N2O. The van der Waals surface area contributed by atoms with Crippen LogP contribution in [0.15, 0.2) is 22.6 Å². The van der Waals surface area contributed by atoms with Crippen molar-refractivity contribution in [1.29, 1.82) is 5.26 Å². The van der Waals surface area contributed by atoms with Gasteiger partial charge in [0.25, 0.3) is 0 Å². The molecule has 14 heavy (non-hydrogen) atoms. The highest BCUT2D eigenvalue weighted by atomic mass is 16.3. The minimum Gasteiger partial charge on any atom is -0.443 e. The summed E-state index contributed by atoms with van der Waals surface area (Å²) in [5.41, 5.74) is 8.03. The van der Waals surface area contributed by atoms with Crippen molar-refractivity contribution in [1.82, 2.24) is 0 Å². The fourth-order valence-corrected chi connectivity index (χ4v) is 1.46. The van der Waals surface area contributed by atoms with Crippen LogP contribution in [0.25, 0.3) is 11.0 Å². The van der Waals surface area contributed by atoms with E-state index in [0.717, 1.165) is 11.8 Å². The lowest BCUT2D eigenvalue weighted by atomic mass is 10.1. The van der Waals surface area contributed by atoms with Gasteiger partial charge in [0, 0.05) is 5.39 Å². The molecule has 0 saturated heterocycles. The molecule has 0 saturated carbocycles. The van der Waals surface area contributed by atoms with E-state index in [-0.39, 0.29) is 5.76 Å². The van der Waals surface area contributed by atoms with E-state index in [2.05, 4.69) is 6.92 Å². The summed E-state index contributed by atoms with van der Waals surface area (Å²) in [7, 11) is 0. The Labute approximate surface area is 81.7 Å². The standard InChI is InChI=1S/C11H10N2O/c1-2-7-3-4-8-9(5-7)14-10(6-12)11(8)13/h3-5H,2,13H2,1H3. The van der Waals surface area contributed by atoms with Gasteiger partial charge in [-0.25, -0.2) is 0 Å². The monoisotopic (exact) mass is 186 g/mol. The van der Waals surface area contributed by atoms with Gasteiger partial charge < -0.3 is 10.2 Å². The average molecular weight is 186 g/mol. The van der Waals surface area contributed by atoms with Gasteiger partial charge in [-0.1, -0.05) is 13.0 Å². The molecule has 1 aromatic carbocycles. The number of hydrogen-bond acceptors (Lipinski definition) is 3. The van der Waals surface area contributed by atoms with E-state index in [9.17, 15) is 0 Å². The zero-order valence-corrected chi connectivity index (χ0v) is 7.87. The summed E-state index contributed by atoms with van der Waals surface area (Å²) in [6.07, 6.45) is 0.943. The summed E-state index contributed by atoms with van der Waals surface area (Å²) in [6.45, 7) is 2.07. The summed E-state index contributed by atoms with van der Waals surface area (Å²) in [5.74, 6) is 0.202. The van der Waals surface area contributed by atoms with Crippen molar-refractivity contribution in [2.24, 2.45) is 0 Å². The first-order valence-electron chi connectivity index (χ1n) is 4.47. The van der Waals surface area contributed by atoms with Gasteiger partial charge in [-0.15, -0.1) is 0 Å². The Morgan fingerprint density at radius 2 is 2.29 bits per heavy atom.